The molecule has 0 spiro atoms. The van der Waals surface area contributed by atoms with Crippen LogP contribution < -0.4 is 0 Å². The molecule has 26 heavy (non-hydrogen) atoms. The number of aromatic nitrogens is 2. The second-order valence-electron chi connectivity index (χ2n) is 6.39. The third-order valence-corrected chi connectivity index (χ3v) is 5.03. The summed E-state index contributed by atoms with van der Waals surface area (Å²) in [5.41, 5.74) is 2.09. The minimum atomic E-state index is -0.228. The number of carbonyl (C=O) groups is 1. The van der Waals surface area contributed by atoms with Crippen molar-refractivity contribution in [3.63, 3.8) is 0 Å². The van der Waals surface area contributed by atoms with Crippen molar-refractivity contribution in [2.24, 2.45) is 0 Å². The summed E-state index contributed by atoms with van der Waals surface area (Å²) in [5, 5.41) is 4.72. The number of carbonyl (C=O) groups excluding carboxylic acids is 1. The van der Waals surface area contributed by atoms with E-state index in [0.717, 1.165) is 30.7 Å². The lowest BCUT2D eigenvalue weighted by Gasteiger charge is -2.34. The number of rotatable bonds is 3. The molecule has 4 rings (SSSR count). The molecule has 3 aromatic rings. The zero-order chi connectivity index (χ0) is 18.1. The predicted molar refractivity (Wildman–Crippen MR) is 97.8 cm³/mol. The zero-order valence-electron chi connectivity index (χ0n) is 14.1. The highest BCUT2D eigenvalue weighted by molar-refractivity contribution is 6.36. The fourth-order valence-electron chi connectivity index (χ4n) is 3.21. The van der Waals surface area contributed by atoms with Crippen molar-refractivity contribution in [2.45, 2.75) is 6.54 Å². The molecule has 1 aromatic carbocycles. The van der Waals surface area contributed by atoms with E-state index >= 15 is 0 Å². The van der Waals surface area contributed by atoms with Crippen LogP contribution in [-0.4, -0.2) is 51.5 Å². The van der Waals surface area contributed by atoms with Crippen molar-refractivity contribution >= 4 is 23.0 Å². The number of halogens is 2. The second kappa shape index (κ2) is 7.05. The van der Waals surface area contributed by atoms with Crippen molar-refractivity contribution in [3.05, 3.63) is 70.8 Å². The molecule has 0 radical (unpaired) electrons. The van der Waals surface area contributed by atoms with Gasteiger partial charge in [0, 0.05) is 38.9 Å². The topological polar surface area (TPSA) is 40.9 Å². The maximum absolute atomic E-state index is 13.0. The first-order chi connectivity index (χ1) is 12.6. The van der Waals surface area contributed by atoms with Gasteiger partial charge in [-0.3, -0.25) is 9.69 Å². The summed E-state index contributed by atoms with van der Waals surface area (Å²) < 4.78 is 14.6. The van der Waals surface area contributed by atoms with Gasteiger partial charge in [-0.15, -0.1) is 0 Å². The van der Waals surface area contributed by atoms with E-state index in [4.69, 9.17) is 11.6 Å². The zero-order valence-corrected chi connectivity index (χ0v) is 14.9. The molecule has 5 nitrogen and oxygen atoms in total. The van der Waals surface area contributed by atoms with E-state index in [0.29, 0.717) is 23.8 Å². The highest BCUT2D eigenvalue weighted by Crippen LogP contribution is 2.23. The fourth-order valence-corrected chi connectivity index (χ4v) is 3.48. The van der Waals surface area contributed by atoms with E-state index in [1.165, 1.54) is 12.1 Å². The summed E-state index contributed by atoms with van der Waals surface area (Å²) in [5.74, 6) is -0.367. The van der Waals surface area contributed by atoms with Gasteiger partial charge in [-0.05, 0) is 29.8 Å². The average Bonchev–Trinajstić information content (AvgIpc) is 3.01. The van der Waals surface area contributed by atoms with Gasteiger partial charge >= 0.3 is 0 Å². The summed E-state index contributed by atoms with van der Waals surface area (Å²) >= 11 is 6.35. The average molecular weight is 373 g/mol. The van der Waals surface area contributed by atoms with Crippen LogP contribution >= 0.6 is 11.6 Å². The van der Waals surface area contributed by atoms with Crippen LogP contribution in [0.15, 0.2) is 48.7 Å². The predicted octanol–water partition coefficient (Wildman–Crippen LogP) is 3.08. The van der Waals surface area contributed by atoms with E-state index in [9.17, 15) is 9.18 Å². The first-order valence-corrected chi connectivity index (χ1v) is 8.88. The maximum atomic E-state index is 13.0. The number of amides is 1. The van der Waals surface area contributed by atoms with Crippen LogP contribution in [0.2, 0.25) is 5.02 Å². The number of piperazine rings is 1. The standard InChI is InChI=1S/C19H18ClFN4O/c20-17-16-3-1-2-8-25(16)22-18(17)19(26)24-11-9-23(10-12-24)13-14-4-6-15(21)7-5-14/h1-8H,9-13H2. The molecule has 0 saturated carbocycles. The van der Waals surface area contributed by atoms with Crippen LogP contribution in [-0.2, 0) is 6.54 Å². The normalized spacial score (nSPS) is 15.5. The fraction of sp³-hybridized carbons (Fsp3) is 0.263. The summed E-state index contributed by atoms with van der Waals surface area (Å²) in [7, 11) is 0. The Morgan fingerprint density at radius 3 is 2.50 bits per heavy atom. The molecule has 1 fully saturated rings. The van der Waals surface area contributed by atoms with Crippen molar-refractivity contribution < 1.29 is 9.18 Å². The number of benzene rings is 1. The molecular weight excluding hydrogens is 355 g/mol. The summed E-state index contributed by atoms with van der Waals surface area (Å²) in [6.45, 7) is 3.49. The Bertz CT molecular complexity index is 932. The van der Waals surface area contributed by atoms with E-state index in [-0.39, 0.29) is 11.7 Å². The highest BCUT2D eigenvalue weighted by atomic mass is 35.5. The molecule has 2 aromatic heterocycles. The van der Waals surface area contributed by atoms with Crippen LogP contribution in [0.4, 0.5) is 4.39 Å². The molecule has 1 amide bonds. The monoisotopic (exact) mass is 372 g/mol. The highest BCUT2D eigenvalue weighted by Gasteiger charge is 2.26. The Hall–Kier alpha value is -2.44. The Morgan fingerprint density at radius 1 is 1.08 bits per heavy atom. The Morgan fingerprint density at radius 2 is 1.81 bits per heavy atom. The molecule has 0 bridgehead atoms. The second-order valence-corrected chi connectivity index (χ2v) is 6.77. The van der Waals surface area contributed by atoms with Gasteiger partial charge in [0.2, 0.25) is 0 Å². The van der Waals surface area contributed by atoms with Crippen LogP contribution in [0.3, 0.4) is 0 Å². The van der Waals surface area contributed by atoms with Crippen LogP contribution in [0.25, 0.3) is 5.52 Å². The van der Waals surface area contributed by atoms with Crippen molar-refractivity contribution in [1.29, 1.82) is 0 Å². The van der Waals surface area contributed by atoms with Crippen molar-refractivity contribution in [1.82, 2.24) is 19.4 Å². The molecule has 0 N–H and O–H groups in total. The van der Waals surface area contributed by atoms with Gasteiger partial charge in [-0.1, -0.05) is 29.8 Å². The third-order valence-electron chi connectivity index (χ3n) is 4.66. The number of hydrogen-bond donors (Lipinski definition) is 0. The SMILES string of the molecule is O=C(c1nn2ccccc2c1Cl)N1CCN(Cc2ccc(F)cc2)CC1. The molecule has 7 heteroatoms. The maximum Gasteiger partial charge on any atom is 0.276 e. The Labute approximate surface area is 155 Å². The van der Waals surface area contributed by atoms with Gasteiger partial charge in [-0.2, -0.15) is 5.10 Å². The lowest BCUT2D eigenvalue weighted by atomic mass is 10.2. The van der Waals surface area contributed by atoms with Gasteiger partial charge < -0.3 is 4.90 Å². The van der Waals surface area contributed by atoms with Crippen molar-refractivity contribution in [2.75, 3.05) is 26.2 Å². The molecule has 3 heterocycles. The molecule has 1 aliphatic heterocycles. The van der Waals surface area contributed by atoms with Gasteiger partial charge in [0.25, 0.3) is 5.91 Å². The smallest absolute Gasteiger partial charge is 0.276 e. The third kappa shape index (κ3) is 3.30. The lowest BCUT2D eigenvalue weighted by Crippen LogP contribution is -2.48. The van der Waals surface area contributed by atoms with E-state index < -0.39 is 0 Å². The summed E-state index contributed by atoms with van der Waals surface area (Å²) in [4.78, 5) is 16.8. The van der Waals surface area contributed by atoms with Crippen LogP contribution in [0.5, 0.6) is 0 Å². The number of pyridine rings is 1. The Kier molecular flexibility index (Phi) is 4.61. The molecule has 134 valence electrons. The molecule has 1 aliphatic rings. The minimum Gasteiger partial charge on any atom is -0.335 e. The Balaban J connectivity index is 1.41. The summed E-state index contributed by atoms with van der Waals surface area (Å²) in [6.07, 6.45) is 1.78. The van der Waals surface area contributed by atoms with E-state index in [1.54, 1.807) is 27.7 Å². The minimum absolute atomic E-state index is 0.139. The number of nitrogens with zero attached hydrogens (tertiary/aromatic N) is 4. The lowest BCUT2D eigenvalue weighted by molar-refractivity contribution is 0.0622. The number of fused-ring (bicyclic) bond motifs is 1. The molecule has 0 unspecified atom stereocenters. The molecule has 1 saturated heterocycles. The van der Waals surface area contributed by atoms with E-state index in [1.807, 2.05) is 18.2 Å². The van der Waals surface area contributed by atoms with Crippen molar-refractivity contribution in [3.8, 4) is 0 Å². The molecule has 0 atom stereocenters. The largest absolute Gasteiger partial charge is 0.335 e. The van der Waals surface area contributed by atoms with Gasteiger partial charge in [0.15, 0.2) is 5.69 Å². The van der Waals surface area contributed by atoms with Crippen LogP contribution in [0.1, 0.15) is 16.1 Å². The molecular formula is C19H18ClFN4O. The summed E-state index contributed by atoms with van der Waals surface area (Å²) in [6, 6.07) is 12.1. The quantitative estimate of drug-likeness (QED) is 0.709. The first-order valence-electron chi connectivity index (χ1n) is 8.51. The van der Waals surface area contributed by atoms with Gasteiger partial charge in [-0.25, -0.2) is 8.91 Å². The number of hydrogen-bond acceptors (Lipinski definition) is 3. The first kappa shape index (κ1) is 17.0. The van der Waals surface area contributed by atoms with E-state index in [2.05, 4.69) is 10.00 Å². The van der Waals surface area contributed by atoms with Crippen LogP contribution in [0, 0.1) is 5.82 Å². The van der Waals surface area contributed by atoms with Gasteiger partial charge in [0.05, 0.1) is 10.5 Å². The molecule has 0 aliphatic carbocycles. The van der Waals surface area contributed by atoms with Gasteiger partial charge in [0.1, 0.15) is 5.82 Å².